The third-order valence-electron chi connectivity index (χ3n) is 3.45. The monoisotopic (exact) mass is 261 g/mol. The fraction of sp³-hybridized carbons (Fsp3) is 0.778. The van der Waals surface area contributed by atoms with E-state index in [4.69, 9.17) is 5.14 Å². The van der Waals surface area contributed by atoms with Gasteiger partial charge in [-0.2, -0.15) is 0 Å². The quantitative estimate of drug-likeness (QED) is 0.652. The van der Waals surface area contributed by atoms with Gasteiger partial charge in [0.1, 0.15) is 6.54 Å². The van der Waals surface area contributed by atoms with Crippen LogP contribution < -0.4 is 10.5 Å². The zero-order valence-corrected chi connectivity index (χ0v) is 10.1. The van der Waals surface area contributed by atoms with Gasteiger partial charge in [-0.3, -0.25) is 15.0 Å². The largest absolute Gasteiger partial charge is 0.325 e. The van der Waals surface area contributed by atoms with Crippen LogP contribution in [0.2, 0.25) is 0 Å². The normalized spacial score (nSPS) is 24.9. The van der Waals surface area contributed by atoms with Crippen LogP contribution in [0.4, 0.5) is 4.79 Å². The van der Waals surface area contributed by atoms with Crippen molar-refractivity contribution in [3.05, 3.63) is 0 Å². The molecule has 8 heteroatoms. The molecule has 1 saturated heterocycles. The van der Waals surface area contributed by atoms with E-state index in [9.17, 15) is 18.0 Å². The number of rotatable bonds is 2. The molecule has 1 heterocycles. The number of primary sulfonamides is 1. The van der Waals surface area contributed by atoms with Crippen molar-refractivity contribution >= 4 is 22.0 Å². The Bertz CT molecular complexity index is 453. The van der Waals surface area contributed by atoms with Crippen LogP contribution in [-0.4, -0.2) is 36.7 Å². The van der Waals surface area contributed by atoms with Gasteiger partial charge in [-0.1, -0.05) is 6.42 Å². The number of nitrogens with two attached hydrogens (primary N) is 1. The molecule has 1 saturated carbocycles. The molecule has 0 aromatic heterocycles. The molecular weight excluding hydrogens is 246 g/mol. The van der Waals surface area contributed by atoms with Crippen LogP contribution in [0, 0.1) is 0 Å². The van der Waals surface area contributed by atoms with Crippen molar-refractivity contribution in [2.75, 3.05) is 6.54 Å². The molecule has 0 bridgehead atoms. The molecule has 0 aromatic rings. The van der Waals surface area contributed by atoms with Gasteiger partial charge in [-0.05, 0) is 25.7 Å². The molecule has 1 aliphatic heterocycles. The first kappa shape index (κ1) is 12.3. The minimum Gasteiger partial charge on any atom is -0.294 e. The molecule has 2 aliphatic rings. The summed E-state index contributed by atoms with van der Waals surface area (Å²) in [6.45, 7) is -0.227. The Morgan fingerprint density at radius 3 is 2.18 bits per heavy atom. The maximum atomic E-state index is 11.8. The predicted molar refractivity (Wildman–Crippen MR) is 59.2 cm³/mol. The van der Waals surface area contributed by atoms with Crippen molar-refractivity contribution in [2.24, 2.45) is 5.14 Å². The lowest BCUT2D eigenvalue weighted by atomic mass is 9.93. The van der Waals surface area contributed by atoms with Crippen LogP contribution in [0.5, 0.6) is 0 Å². The number of nitrogens with zero attached hydrogens (tertiary/aromatic N) is 1. The maximum absolute atomic E-state index is 11.8. The van der Waals surface area contributed by atoms with Crippen LogP contribution >= 0.6 is 0 Å². The topological polar surface area (TPSA) is 110 Å². The molecule has 0 radical (unpaired) electrons. The van der Waals surface area contributed by atoms with Crippen LogP contribution in [-0.2, 0) is 14.8 Å². The molecule has 1 aliphatic carbocycles. The van der Waals surface area contributed by atoms with Gasteiger partial charge in [0.15, 0.2) is 4.87 Å². The van der Waals surface area contributed by atoms with Crippen molar-refractivity contribution in [2.45, 2.75) is 37.0 Å². The van der Waals surface area contributed by atoms with E-state index >= 15 is 0 Å². The van der Waals surface area contributed by atoms with Crippen LogP contribution in [0.1, 0.15) is 32.1 Å². The van der Waals surface area contributed by atoms with Gasteiger partial charge in [-0.15, -0.1) is 0 Å². The Morgan fingerprint density at radius 1 is 1.18 bits per heavy atom. The smallest absolute Gasteiger partial charge is 0.294 e. The number of nitrogens with one attached hydrogen (secondary N) is 1. The molecule has 2 fully saturated rings. The lowest BCUT2D eigenvalue weighted by molar-refractivity contribution is -0.118. The number of sulfonamides is 1. The summed E-state index contributed by atoms with van der Waals surface area (Å²) < 4.78 is 23.6. The number of hydrogen-bond donors (Lipinski definition) is 2. The Balaban J connectivity index is 2.40. The molecule has 3 N–H and O–H groups in total. The van der Waals surface area contributed by atoms with Crippen molar-refractivity contribution < 1.29 is 18.0 Å². The first-order valence-corrected chi connectivity index (χ1v) is 7.05. The average Bonchev–Trinajstić information content (AvgIpc) is 2.57. The second kappa shape index (κ2) is 3.95. The maximum Gasteiger partial charge on any atom is 0.325 e. The fourth-order valence-electron chi connectivity index (χ4n) is 2.58. The zero-order chi connectivity index (χ0) is 12.7. The number of carbonyl (C=O) groups is 2. The lowest BCUT2D eigenvalue weighted by Gasteiger charge is -2.41. The van der Waals surface area contributed by atoms with Gasteiger partial charge in [0.05, 0.1) is 0 Å². The number of hydrogen-bond acceptors (Lipinski definition) is 4. The minimum absolute atomic E-state index is 0.227. The van der Waals surface area contributed by atoms with E-state index in [1.807, 2.05) is 0 Å². The van der Waals surface area contributed by atoms with E-state index in [0.29, 0.717) is 25.7 Å². The molecule has 7 nitrogen and oxygen atoms in total. The van der Waals surface area contributed by atoms with Crippen molar-refractivity contribution in [3.8, 4) is 0 Å². The SMILES string of the molecule is NS(=O)(=O)C1(N2CC(=O)NC2=O)CCCCC1. The van der Waals surface area contributed by atoms with E-state index < -0.39 is 26.8 Å². The zero-order valence-electron chi connectivity index (χ0n) is 9.31. The summed E-state index contributed by atoms with van der Waals surface area (Å²) in [6, 6.07) is -0.661. The van der Waals surface area contributed by atoms with Gasteiger partial charge in [0.25, 0.3) is 0 Å². The number of amides is 3. The van der Waals surface area contributed by atoms with Gasteiger partial charge in [0.2, 0.25) is 15.9 Å². The van der Waals surface area contributed by atoms with Crippen LogP contribution in [0.3, 0.4) is 0 Å². The average molecular weight is 261 g/mol. The van der Waals surface area contributed by atoms with E-state index in [1.165, 1.54) is 0 Å². The number of urea groups is 1. The lowest BCUT2D eigenvalue weighted by Crippen LogP contribution is -2.59. The summed E-state index contributed by atoms with van der Waals surface area (Å²) in [7, 11) is -3.91. The highest BCUT2D eigenvalue weighted by atomic mass is 32.2. The summed E-state index contributed by atoms with van der Waals surface area (Å²) in [6.07, 6.45) is 2.89. The van der Waals surface area contributed by atoms with Crippen LogP contribution in [0.15, 0.2) is 0 Å². The Labute approximate surface area is 99.4 Å². The van der Waals surface area contributed by atoms with Crippen molar-refractivity contribution in [3.63, 3.8) is 0 Å². The molecule has 0 atom stereocenters. The molecule has 0 spiro atoms. The molecule has 0 aromatic carbocycles. The highest BCUT2D eigenvalue weighted by molar-refractivity contribution is 7.90. The number of imide groups is 1. The van der Waals surface area contributed by atoms with Crippen LogP contribution in [0.25, 0.3) is 0 Å². The summed E-state index contributed by atoms with van der Waals surface area (Å²) in [5.41, 5.74) is 0. The molecule has 3 amide bonds. The Hall–Kier alpha value is -1.15. The standard InChI is InChI=1S/C9H15N3O4S/c10-17(15,16)9(4-2-1-3-5-9)12-6-7(13)11-8(12)14/h1-6H2,(H2,10,15,16)(H,11,13,14). The highest BCUT2D eigenvalue weighted by Gasteiger charge is 2.52. The van der Waals surface area contributed by atoms with E-state index in [1.54, 1.807) is 0 Å². The highest BCUT2D eigenvalue weighted by Crippen LogP contribution is 2.37. The summed E-state index contributed by atoms with van der Waals surface area (Å²) >= 11 is 0. The summed E-state index contributed by atoms with van der Waals surface area (Å²) in [5.74, 6) is -0.483. The molecule has 0 unspecified atom stereocenters. The van der Waals surface area contributed by atoms with Gasteiger partial charge in [0, 0.05) is 0 Å². The van der Waals surface area contributed by atoms with E-state index in [-0.39, 0.29) is 6.54 Å². The van der Waals surface area contributed by atoms with Crippen molar-refractivity contribution in [1.29, 1.82) is 0 Å². The fourth-order valence-corrected chi connectivity index (χ4v) is 3.90. The third kappa shape index (κ3) is 1.91. The molecular formula is C9H15N3O4S. The summed E-state index contributed by atoms with van der Waals surface area (Å²) in [4.78, 5) is 22.4. The summed E-state index contributed by atoms with van der Waals surface area (Å²) in [5, 5.41) is 7.36. The molecule has 17 heavy (non-hydrogen) atoms. The predicted octanol–water partition coefficient (Wildman–Crippen LogP) is -0.513. The number of carbonyl (C=O) groups excluding carboxylic acids is 2. The Kier molecular flexibility index (Phi) is 2.86. The van der Waals surface area contributed by atoms with E-state index in [0.717, 1.165) is 11.3 Å². The second-order valence-corrected chi connectivity index (χ2v) is 6.34. The van der Waals surface area contributed by atoms with Gasteiger partial charge in [-0.25, -0.2) is 18.4 Å². The molecule has 96 valence electrons. The van der Waals surface area contributed by atoms with Crippen molar-refractivity contribution in [1.82, 2.24) is 10.2 Å². The van der Waals surface area contributed by atoms with Gasteiger partial charge < -0.3 is 0 Å². The first-order chi connectivity index (χ1) is 7.87. The minimum atomic E-state index is -3.91. The molecule has 2 rings (SSSR count). The second-order valence-electron chi connectivity index (χ2n) is 4.49. The van der Waals surface area contributed by atoms with E-state index in [2.05, 4.69) is 5.32 Å². The Morgan fingerprint density at radius 2 is 1.76 bits per heavy atom. The van der Waals surface area contributed by atoms with Gasteiger partial charge >= 0.3 is 6.03 Å². The first-order valence-electron chi connectivity index (χ1n) is 5.51. The third-order valence-corrected chi connectivity index (χ3v) is 5.14.